The van der Waals surface area contributed by atoms with Crippen molar-refractivity contribution in [2.45, 2.75) is 39.8 Å². The molecule has 116 valence electrons. The van der Waals surface area contributed by atoms with Crippen molar-refractivity contribution in [3.8, 4) is 5.75 Å². The molecule has 2 rings (SSSR count). The fourth-order valence-electron chi connectivity index (χ4n) is 1.87. The normalized spacial score (nSPS) is 14.1. The number of benzene rings is 1. The first-order valence-corrected chi connectivity index (χ1v) is 7.13. The number of aryl methyl sites for hydroxylation is 1. The molecule has 0 atom stereocenters. The minimum atomic E-state index is -4.34. The summed E-state index contributed by atoms with van der Waals surface area (Å²) >= 11 is 0. The summed E-state index contributed by atoms with van der Waals surface area (Å²) in [6.07, 6.45) is 3.66. The minimum Gasteiger partial charge on any atom is -0.489 e. The highest BCUT2D eigenvalue weighted by Crippen LogP contribution is 2.33. The Morgan fingerprint density at radius 3 is 2.43 bits per heavy atom. The standard InChI is InChI=1S/C15H15F3O.C2H6/c1-11-7-8-13(15(16,17)18)9-14(11)19-10-12-5-3-2-4-6-12;1-2/h3,5-9H,2,4,10H2,1H3;1-2H3. The van der Waals surface area contributed by atoms with Crippen LogP contribution in [0.5, 0.6) is 5.75 Å². The summed E-state index contributed by atoms with van der Waals surface area (Å²) in [5.74, 6) is 0.287. The van der Waals surface area contributed by atoms with Gasteiger partial charge in [0.05, 0.1) is 5.56 Å². The van der Waals surface area contributed by atoms with Crippen molar-refractivity contribution in [3.63, 3.8) is 0 Å². The summed E-state index contributed by atoms with van der Waals surface area (Å²) in [6.45, 7) is 6.04. The molecule has 21 heavy (non-hydrogen) atoms. The minimum absolute atomic E-state index is 0.287. The van der Waals surface area contributed by atoms with Gasteiger partial charge >= 0.3 is 6.18 Å². The summed E-state index contributed by atoms with van der Waals surface area (Å²) in [4.78, 5) is 0. The number of ether oxygens (including phenoxy) is 1. The van der Waals surface area contributed by atoms with Crippen LogP contribution in [0, 0.1) is 6.92 Å². The fraction of sp³-hybridized carbons (Fsp3) is 0.412. The summed E-state index contributed by atoms with van der Waals surface area (Å²) in [5.41, 5.74) is 1.03. The Bertz CT molecular complexity index is 513. The second-order valence-corrected chi connectivity index (χ2v) is 4.53. The molecule has 0 aromatic heterocycles. The highest BCUT2D eigenvalue weighted by Gasteiger charge is 2.31. The van der Waals surface area contributed by atoms with E-state index >= 15 is 0 Å². The van der Waals surface area contributed by atoms with Gasteiger partial charge < -0.3 is 4.74 Å². The predicted octanol–water partition coefficient (Wildman–Crippen LogP) is 5.70. The van der Waals surface area contributed by atoms with E-state index < -0.39 is 11.7 Å². The molecule has 0 saturated carbocycles. The highest BCUT2D eigenvalue weighted by molar-refractivity contribution is 5.38. The maximum absolute atomic E-state index is 12.6. The van der Waals surface area contributed by atoms with E-state index in [0.29, 0.717) is 12.2 Å². The average Bonchev–Trinajstić information content (AvgIpc) is 2.48. The predicted molar refractivity (Wildman–Crippen MR) is 79.5 cm³/mol. The maximum atomic E-state index is 12.6. The molecule has 4 heteroatoms. The van der Waals surface area contributed by atoms with Gasteiger partial charge in [0.15, 0.2) is 0 Å². The van der Waals surface area contributed by atoms with Gasteiger partial charge in [0, 0.05) is 0 Å². The Kier molecular flexibility index (Phi) is 6.53. The molecule has 0 N–H and O–H groups in total. The molecule has 0 unspecified atom stereocenters. The van der Waals surface area contributed by atoms with E-state index in [0.717, 1.165) is 30.5 Å². The van der Waals surface area contributed by atoms with Crippen LogP contribution in [-0.4, -0.2) is 6.61 Å². The van der Waals surface area contributed by atoms with Crippen molar-refractivity contribution in [3.05, 3.63) is 53.1 Å². The lowest BCUT2D eigenvalue weighted by Crippen LogP contribution is -2.07. The molecule has 0 spiro atoms. The first kappa shape index (κ1) is 17.3. The molecule has 0 radical (unpaired) electrons. The molecular weight excluding hydrogens is 277 g/mol. The van der Waals surface area contributed by atoms with Crippen LogP contribution in [0.15, 0.2) is 42.0 Å². The lowest BCUT2D eigenvalue weighted by atomic mass is 10.1. The first-order valence-electron chi connectivity index (χ1n) is 7.13. The molecule has 0 bridgehead atoms. The van der Waals surface area contributed by atoms with E-state index in [9.17, 15) is 13.2 Å². The number of alkyl halides is 3. The van der Waals surface area contributed by atoms with Crippen molar-refractivity contribution >= 4 is 0 Å². The Labute approximate surface area is 124 Å². The van der Waals surface area contributed by atoms with Crippen LogP contribution in [0.4, 0.5) is 13.2 Å². The van der Waals surface area contributed by atoms with Gasteiger partial charge in [-0.1, -0.05) is 38.1 Å². The molecule has 1 aliphatic carbocycles. The lowest BCUT2D eigenvalue weighted by molar-refractivity contribution is -0.137. The van der Waals surface area contributed by atoms with Gasteiger partial charge in [-0.25, -0.2) is 0 Å². The molecule has 0 aliphatic heterocycles. The van der Waals surface area contributed by atoms with Gasteiger partial charge in [0.25, 0.3) is 0 Å². The van der Waals surface area contributed by atoms with Crippen LogP contribution in [0.1, 0.15) is 37.8 Å². The third kappa shape index (κ3) is 5.29. The zero-order chi connectivity index (χ0) is 15.9. The molecule has 0 amide bonds. The topological polar surface area (TPSA) is 9.23 Å². The number of halogens is 3. The zero-order valence-electron chi connectivity index (χ0n) is 12.6. The first-order chi connectivity index (χ1) is 9.97. The van der Waals surface area contributed by atoms with Crippen LogP contribution in [-0.2, 0) is 6.18 Å². The van der Waals surface area contributed by atoms with Crippen LogP contribution in [0.3, 0.4) is 0 Å². The maximum Gasteiger partial charge on any atom is 0.416 e. The fourth-order valence-corrected chi connectivity index (χ4v) is 1.87. The van der Waals surface area contributed by atoms with Gasteiger partial charge in [-0.2, -0.15) is 13.2 Å². The zero-order valence-corrected chi connectivity index (χ0v) is 12.6. The van der Waals surface area contributed by atoms with Gasteiger partial charge in [-0.15, -0.1) is 0 Å². The molecule has 1 nitrogen and oxygen atoms in total. The Morgan fingerprint density at radius 2 is 1.86 bits per heavy atom. The monoisotopic (exact) mass is 298 g/mol. The molecule has 0 heterocycles. The summed E-state index contributed by atoms with van der Waals surface area (Å²) in [6, 6.07) is 3.56. The van der Waals surface area contributed by atoms with Crippen LogP contribution < -0.4 is 4.74 Å². The molecular formula is C17H21F3O. The third-order valence-corrected chi connectivity index (χ3v) is 2.98. The largest absolute Gasteiger partial charge is 0.489 e. The van der Waals surface area contributed by atoms with E-state index in [4.69, 9.17) is 4.74 Å². The van der Waals surface area contributed by atoms with Crippen molar-refractivity contribution in [2.24, 2.45) is 0 Å². The van der Waals surface area contributed by atoms with Crippen molar-refractivity contribution in [1.29, 1.82) is 0 Å². The van der Waals surface area contributed by atoms with Gasteiger partial charge in [0.2, 0.25) is 0 Å². The van der Waals surface area contributed by atoms with E-state index in [2.05, 4.69) is 0 Å². The van der Waals surface area contributed by atoms with Crippen LogP contribution >= 0.6 is 0 Å². The Balaban J connectivity index is 0.00000106. The van der Waals surface area contributed by atoms with E-state index in [1.54, 1.807) is 6.92 Å². The second-order valence-electron chi connectivity index (χ2n) is 4.53. The third-order valence-electron chi connectivity index (χ3n) is 2.98. The Morgan fingerprint density at radius 1 is 1.14 bits per heavy atom. The molecule has 0 saturated heterocycles. The SMILES string of the molecule is CC.Cc1ccc(C(F)(F)F)cc1OCC1=CCCC=C1. The van der Waals surface area contributed by atoms with Crippen molar-refractivity contribution in [2.75, 3.05) is 6.61 Å². The second kappa shape index (κ2) is 7.91. The van der Waals surface area contributed by atoms with Gasteiger partial charge in [-0.3, -0.25) is 0 Å². The molecule has 1 aromatic carbocycles. The highest BCUT2D eigenvalue weighted by atomic mass is 19.4. The number of hydrogen-bond donors (Lipinski definition) is 0. The Hall–Kier alpha value is -1.71. The number of rotatable bonds is 3. The summed E-state index contributed by atoms with van der Waals surface area (Å²) in [7, 11) is 0. The molecule has 1 aromatic rings. The quantitative estimate of drug-likeness (QED) is 0.696. The summed E-state index contributed by atoms with van der Waals surface area (Å²) < 4.78 is 43.3. The van der Waals surface area contributed by atoms with Crippen LogP contribution in [0.2, 0.25) is 0 Å². The van der Waals surface area contributed by atoms with Gasteiger partial charge in [0.1, 0.15) is 12.4 Å². The van der Waals surface area contributed by atoms with E-state index in [-0.39, 0.29) is 5.75 Å². The lowest BCUT2D eigenvalue weighted by Gasteiger charge is -2.14. The average molecular weight is 298 g/mol. The molecule has 0 fully saturated rings. The van der Waals surface area contributed by atoms with Crippen LogP contribution in [0.25, 0.3) is 0 Å². The smallest absolute Gasteiger partial charge is 0.416 e. The van der Waals surface area contributed by atoms with Crippen molar-refractivity contribution < 1.29 is 17.9 Å². The number of hydrogen-bond acceptors (Lipinski definition) is 1. The van der Waals surface area contributed by atoms with Crippen molar-refractivity contribution in [1.82, 2.24) is 0 Å². The van der Waals surface area contributed by atoms with E-state index in [1.807, 2.05) is 32.1 Å². The number of allylic oxidation sites excluding steroid dienone is 2. The van der Waals surface area contributed by atoms with E-state index in [1.165, 1.54) is 6.07 Å². The molecule has 1 aliphatic rings. The summed E-state index contributed by atoms with van der Waals surface area (Å²) in [5, 5.41) is 0. The van der Waals surface area contributed by atoms with Gasteiger partial charge in [-0.05, 0) is 43.0 Å².